The molecule has 16 heavy (non-hydrogen) atoms. The van der Waals surface area contributed by atoms with Gasteiger partial charge in [-0.2, -0.15) is 0 Å². The second-order valence-corrected chi connectivity index (χ2v) is 5.31. The largest absolute Gasteiger partial charge is 0.324 e. The highest BCUT2D eigenvalue weighted by molar-refractivity contribution is 6.42. The molecular formula is C10H12Cl2N4. The molecule has 0 aliphatic rings. The highest BCUT2D eigenvalue weighted by atomic mass is 35.5. The lowest BCUT2D eigenvalue weighted by Crippen LogP contribution is -2.37. The maximum absolute atomic E-state index is 5.96. The van der Waals surface area contributed by atoms with Crippen molar-refractivity contribution in [2.75, 3.05) is 0 Å². The number of nitrogens with two attached hydrogens (primary N) is 1. The van der Waals surface area contributed by atoms with Gasteiger partial charge in [0, 0.05) is 5.54 Å². The van der Waals surface area contributed by atoms with Crippen LogP contribution < -0.4 is 5.73 Å². The number of fused-ring (bicyclic) bond motifs is 1. The lowest BCUT2D eigenvalue weighted by atomic mass is 10.1. The van der Waals surface area contributed by atoms with E-state index < -0.39 is 0 Å². The van der Waals surface area contributed by atoms with E-state index in [4.69, 9.17) is 28.9 Å². The van der Waals surface area contributed by atoms with Crippen molar-refractivity contribution in [1.29, 1.82) is 0 Å². The third kappa shape index (κ3) is 2.29. The molecule has 0 saturated carbocycles. The maximum atomic E-state index is 5.96. The van der Waals surface area contributed by atoms with Gasteiger partial charge < -0.3 is 5.73 Å². The quantitative estimate of drug-likeness (QED) is 0.901. The summed E-state index contributed by atoms with van der Waals surface area (Å²) in [7, 11) is 0. The Labute approximate surface area is 103 Å². The molecule has 0 aliphatic heterocycles. The van der Waals surface area contributed by atoms with E-state index >= 15 is 0 Å². The Morgan fingerprint density at radius 3 is 2.56 bits per heavy atom. The smallest absolute Gasteiger partial charge is 0.114 e. The summed E-state index contributed by atoms with van der Waals surface area (Å²) < 4.78 is 1.73. The van der Waals surface area contributed by atoms with Gasteiger partial charge in [-0.25, -0.2) is 4.68 Å². The molecule has 0 unspecified atom stereocenters. The summed E-state index contributed by atoms with van der Waals surface area (Å²) in [5.74, 6) is 0. The highest BCUT2D eigenvalue weighted by Gasteiger charge is 2.15. The molecule has 1 aromatic heterocycles. The van der Waals surface area contributed by atoms with Gasteiger partial charge in [-0.05, 0) is 26.0 Å². The number of aromatic nitrogens is 3. The fourth-order valence-corrected chi connectivity index (χ4v) is 1.78. The third-order valence-corrected chi connectivity index (χ3v) is 2.84. The second-order valence-electron chi connectivity index (χ2n) is 4.49. The summed E-state index contributed by atoms with van der Waals surface area (Å²) in [5, 5.41) is 9.02. The van der Waals surface area contributed by atoms with Crippen molar-refractivity contribution in [2.45, 2.75) is 25.9 Å². The van der Waals surface area contributed by atoms with Crippen molar-refractivity contribution in [3.8, 4) is 0 Å². The van der Waals surface area contributed by atoms with Crippen LogP contribution in [0.2, 0.25) is 10.0 Å². The summed E-state index contributed by atoms with van der Waals surface area (Å²) >= 11 is 11.9. The molecule has 0 saturated heterocycles. The van der Waals surface area contributed by atoms with E-state index in [9.17, 15) is 0 Å². The van der Waals surface area contributed by atoms with E-state index in [2.05, 4.69) is 10.3 Å². The van der Waals surface area contributed by atoms with Gasteiger partial charge in [0.15, 0.2) is 0 Å². The predicted octanol–water partition coefficient (Wildman–Crippen LogP) is 2.48. The number of nitrogens with zero attached hydrogens (tertiary/aromatic N) is 3. The first-order valence-electron chi connectivity index (χ1n) is 4.84. The molecule has 0 atom stereocenters. The van der Waals surface area contributed by atoms with Crippen LogP contribution in [-0.4, -0.2) is 20.5 Å². The summed E-state index contributed by atoms with van der Waals surface area (Å²) in [4.78, 5) is 0. The SMILES string of the molecule is CC(C)(N)Cn1nnc2cc(Cl)c(Cl)cc21. The van der Waals surface area contributed by atoms with Crippen molar-refractivity contribution in [3.63, 3.8) is 0 Å². The molecule has 2 aromatic rings. The first-order chi connectivity index (χ1) is 7.37. The van der Waals surface area contributed by atoms with E-state index in [0.717, 1.165) is 11.0 Å². The summed E-state index contributed by atoms with van der Waals surface area (Å²) in [6, 6.07) is 3.46. The van der Waals surface area contributed by atoms with Crippen LogP contribution in [0.4, 0.5) is 0 Å². The second kappa shape index (κ2) is 3.87. The van der Waals surface area contributed by atoms with Gasteiger partial charge in [-0.15, -0.1) is 5.10 Å². The predicted molar refractivity (Wildman–Crippen MR) is 65.8 cm³/mol. The Morgan fingerprint density at radius 2 is 1.94 bits per heavy atom. The van der Waals surface area contributed by atoms with Crippen molar-refractivity contribution < 1.29 is 0 Å². The van der Waals surface area contributed by atoms with Gasteiger partial charge in [0.05, 0.1) is 22.1 Å². The molecule has 86 valence electrons. The van der Waals surface area contributed by atoms with E-state index in [0.29, 0.717) is 16.6 Å². The number of benzene rings is 1. The average molecular weight is 259 g/mol. The van der Waals surface area contributed by atoms with Gasteiger partial charge in [-0.1, -0.05) is 28.4 Å². The van der Waals surface area contributed by atoms with E-state index in [-0.39, 0.29) is 5.54 Å². The molecule has 0 fully saturated rings. The molecule has 6 heteroatoms. The standard InChI is InChI=1S/C10H12Cl2N4/c1-10(2,13)5-16-9-4-7(12)6(11)3-8(9)14-15-16/h3-4H,5,13H2,1-2H3. The zero-order chi connectivity index (χ0) is 11.9. The van der Waals surface area contributed by atoms with E-state index in [1.807, 2.05) is 13.8 Å². The molecule has 4 nitrogen and oxygen atoms in total. The highest BCUT2D eigenvalue weighted by Crippen LogP contribution is 2.26. The Morgan fingerprint density at radius 1 is 1.31 bits per heavy atom. The number of rotatable bonds is 2. The lowest BCUT2D eigenvalue weighted by molar-refractivity contribution is 0.409. The molecule has 2 N–H and O–H groups in total. The first kappa shape index (κ1) is 11.6. The molecule has 0 bridgehead atoms. The summed E-state index contributed by atoms with van der Waals surface area (Å²) in [6.45, 7) is 4.43. The van der Waals surface area contributed by atoms with Crippen LogP contribution in [0.15, 0.2) is 12.1 Å². The van der Waals surface area contributed by atoms with Crippen LogP contribution in [-0.2, 0) is 6.54 Å². The molecule has 0 amide bonds. The van der Waals surface area contributed by atoms with E-state index in [1.165, 1.54) is 0 Å². The summed E-state index contributed by atoms with van der Waals surface area (Å²) in [5.41, 5.74) is 7.15. The topological polar surface area (TPSA) is 56.7 Å². The maximum Gasteiger partial charge on any atom is 0.114 e. The van der Waals surface area contributed by atoms with Crippen LogP contribution >= 0.6 is 23.2 Å². The Kier molecular flexibility index (Phi) is 2.82. The monoisotopic (exact) mass is 258 g/mol. The molecule has 0 radical (unpaired) electrons. The van der Waals surface area contributed by atoms with Gasteiger partial charge in [0.2, 0.25) is 0 Å². The summed E-state index contributed by atoms with van der Waals surface area (Å²) in [6.07, 6.45) is 0. The molecule has 0 spiro atoms. The minimum atomic E-state index is -0.354. The molecule has 1 aromatic carbocycles. The molecule has 1 heterocycles. The molecular weight excluding hydrogens is 247 g/mol. The van der Waals surface area contributed by atoms with Crippen molar-refractivity contribution in [1.82, 2.24) is 15.0 Å². The number of halogens is 2. The minimum Gasteiger partial charge on any atom is -0.324 e. The average Bonchev–Trinajstić information content (AvgIpc) is 2.47. The lowest BCUT2D eigenvalue weighted by Gasteiger charge is -2.18. The zero-order valence-electron chi connectivity index (χ0n) is 9.04. The van der Waals surface area contributed by atoms with Crippen molar-refractivity contribution in [3.05, 3.63) is 22.2 Å². The third-order valence-electron chi connectivity index (χ3n) is 2.11. The van der Waals surface area contributed by atoms with Gasteiger partial charge >= 0.3 is 0 Å². The van der Waals surface area contributed by atoms with Crippen LogP contribution in [0.1, 0.15) is 13.8 Å². The zero-order valence-corrected chi connectivity index (χ0v) is 10.5. The van der Waals surface area contributed by atoms with Crippen LogP contribution in [0.25, 0.3) is 11.0 Å². The van der Waals surface area contributed by atoms with Crippen molar-refractivity contribution >= 4 is 34.2 Å². The van der Waals surface area contributed by atoms with Gasteiger partial charge in [-0.3, -0.25) is 0 Å². The number of hydrogen-bond acceptors (Lipinski definition) is 3. The van der Waals surface area contributed by atoms with Crippen molar-refractivity contribution in [2.24, 2.45) is 5.73 Å². The minimum absolute atomic E-state index is 0.354. The number of hydrogen-bond donors (Lipinski definition) is 1. The van der Waals surface area contributed by atoms with Crippen LogP contribution in [0.5, 0.6) is 0 Å². The normalized spacial score (nSPS) is 12.3. The molecule has 2 rings (SSSR count). The Balaban J connectivity index is 2.52. The fraction of sp³-hybridized carbons (Fsp3) is 0.400. The van der Waals surface area contributed by atoms with Crippen LogP contribution in [0, 0.1) is 0 Å². The van der Waals surface area contributed by atoms with Crippen LogP contribution in [0.3, 0.4) is 0 Å². The molecule has 0 aliphatic carbocycles. The van der Waals surface area contributed by atoms with Gasteiger partial charge in [0.25, 0.3) is 0 Å². The fourth-order valence-electron chi connectivity index (χ4n) is 1.47. The van der Waals surface area contributed by atoms with E-state index in [1.54, 1.807) is 16.8 Å². The first-order valence-corrected chi connectivity index (χ1v) is 5.59. The Hall–Kier alpha value is -0.840. The van der Waals surface area contributed by atoms with Gasteiger partial charge in [0.1, 0.15) is 5.52 Å². The Bertz CT molecular complexity index is 527.